The van der Waals surface area contributed by atoms with Crippen molar-refractivity contribution in [2.45, 2.75) is 0 Å². The molecule has 6 nitrogen and oxygen atoms in total. The Morgan fingerprint density at radius 3 is 2.35 bits per heavy atom. The normalized spacial score (nSPS) is 15.1. The Labute approximate surface area is 146 Å². The highest BCUT2D eigenvalue weighted by atomic mass is 79.9. The minimum atomic E-state index is -0.449. The molecular weight excluding hydrogens is 384 g/mol. The summed E-state index contributed by atoms with van der Waals surface area (Å²) in [6, 6.07) is 5.03. The van der Waals surface area contributed by atoms with Crippen molar-refractivity contribution in [2.75, 3.05) is 20.7 Å². The molecule has 0 aliphatic carbocycles. The van der Waals surface area contributed by atoms with Crippen LogP contribution >= 0.6 is 28.1 Å². The average molecular weight is 397 g/mol. The molecule has 0 saturated carbocycles. The lowest BCUT2D eigenvalue weighted by Crippen LogP contribution is -2.52. The maximum Gasteiger partial charge on any atom is 0.265 e. The van der Waals surface area contributed by atoms with Crippen molar-refractivity contribution in [1.82, 2.24) is 9.80 Å². The molecule has 1 aliphatic heterocycles. The Morgan fingerprint density at radius 2 is 1.83 bits per heavy atom. The highest BCUT2D eigenvalue weighted by Crippen LogP contribution is 2.27. The number of hydrogen-bond donors (Lipinski definition) is 0. The number of ether oxygens (including phenoxy) is 1. The third-order valence-electron chi connectivity index (χ3n) is 3.22. The van der Waals surface area contributed by atoms with E-state index in [1.54, 1.807) is 18.2 Å². The number of carbonyl (C=O) groups is 3. The largest absolute Gasteiger partial charge is 0.485 e. The van der Waals surface area contributed by atoms with Gasteiger partial charge in [0.15, 0.2) is 11.4 Å². The van der Waals surface area contributed by atoms with E-state index >= 15 is 0 Å². The van der Waals surface area contributed by atoms with Gasteiger partial charge in [-0.3, -0.25) is 24.2 Å². The molecule has 0 spiro atoms. The molecule has 0 radical (unpaired) electrons. The molecule has 1 fully saturated rings. The Kier molecular flexibility index (Phi) is 5.27. The van der Waals surface area contributed by atoms with Crippen LogP contribution in [0.25, 0.3) is 6.08 Å². The summed E-state index contributed by atoms with van der Waals surface area (Å²) in [5, 5.41) is 0.163. The molecule has 23 heavy (non-hydrogen) atoms. The van der Waals surface area contributed by atoms with Gasteiger partial charge in [0.2, 0.25) is 0 Å². The van der Waals surface area contributed by atoms with E-state index in [0.29, 0.717) is 22.1 Å². The molecule has 1 aromatic carbocycles. The first-order chi connectivity index (χ1) is 10.9. The number of halogens is 1. The number of hydrogen-bond acceptors (Lipinski definition) is 5. The van der Waals surface area contributed by atoms with Gasteiger partial charge in [0, 0.05) is 14.1 Å². The van der Waals surface area contributed by atoms with Gasteiger partial charge in [-0.2, -0.15) is 0 Å². The zero-order chi connectivity index (χ0) is 17.1. The molecule has 1 saturated heterocycles. The quantitative estimate of drug-likeness (QED) is 0.335. The minimum Gasteiger partial charge on any atom is -0.485 e. The second-order valence-corrected chi connectivity index (χ2v) is 5.96. The van der Waals surface area contributed by atoms with Crippen LogP contribution in [0.3, 0.4) is 0 Å². The van der Waals surface area contributed by atoms with Gasteiger partial charge in [0.1, 0.15) is 17.9 Å². The molecule has 0 N–H and O–H groups in total. The number of nitrogens with zero attached hydrogens (tertiary/aromatic N) is 2. The maximum absolute atomic E-state index is 12.2. The van der Waals surface area contributed by atoms with Gasteiger partial charge < -0.3 is 4.74 Å². The van der Waals surface area contributed by atoms with Crippen LogP contribution in [0.15, 0.2) is 28.2 Å². The predicted molar refractivity (Wildman–Crippen MR) is 91.8 cm³/mol. The summed E-state index contributed by atoms with van der Waals surface area (Å²) in [4.78, 5) is 37.3. The van der Waals surface area contributed by atoms with Crippen molar-refractivity contribution >= 4 is 57.4 Å². The molecule has 8 heteroatoms. The summed E-state index contributed by atoms with van der Waals surface area (Å²) < 4.78 is 5.83. The fourth-order valence-corrected chi connectivity index (χ4v) is 2.67. The Morgan fingerprint density at radius 1 is 1.22 bits per heavy atom. The average Bonchev–Trinajstić information content (AvgIpc) is 2.54. The number of likely N-dealkylation sites (N-methyl/N-ethyl adjacent to an activating group) is 2. The lowest BCUT2D eigenvalue weighted by Gasteiger charge is -2.31. The van der Waals surface area contributed by atoms with Crippen molar-refractivity contribution < 1.29 is 19.1 Å². The molecule has 1 aromatic rings. The van der Waals surface area contributed by atoms with Crippen LogP contribution in [-0.2, 0) is 14.4 Å². The Bertz CT molecular complexity index is 706. The Balaban J connectivity index is 2.35. The van der Waals surface area contributed by atoms with Crippen LogP contribution in [0.4, 0.5) is 0 Å². The predicted octanol–water partition coefficient (Wildman–Crippen LogP) is 1.63. The number of aldehydes is 1. The standard InChI is InChI=1S/C15H13BrN2O4S/c1-17-13(20)10(14(21)18(2)15(17)23)7-9-3-4-12(11(16)8-9)22-6-5-19/h3-5,7-8H,6H2,1-2H3. The lowest BCUT2D eigenvalue weighted by atomic mass is 10.1. The van der Waals surface area contributed by atoms with E-state index in [4.69, 9.17) is 17.0 Å². The van der Waals surface area contributed by atoms with Crippen LogP contribution in [-0.4, -0.2) is 53.7 Å². The summed E-state index contributed by atoms with van der Waals surface area (Å²) in [6.07, 6.45) is 2.14. The second kappa shape index (κ2) is 7.01. The molecule has 1 aliphatic rings. The fourth-order valence-electron chi connectivity index (χ4n) is 1.99. The topological polar surface area (TPSA) is 66.9 Å². The second-order valence-electron chi connectivity index (χ2n) is 4.74. The minimum absolute atomic E-state index is 0.0251. The Hall–Kier alpha value is -2.06. The first kappa shape index (κ1) is 17.3. The highest BCUT2D eigenvalue weighted by molar-refractivity contribution is 9.10. The van der Waals surface area contributed by atoms with Gasteiger partial charge in [-0.25, -0.2) is 0 Å². The lowest BCUT2D eigenvalue weighted by molar-refractivity contribution is -0.132. The van der Waals surface area contributed by atoms with Crippen molar-refractivity contribution in [2.24, 2.45) is 0 Å². The summed E-state index contributed by atoms with van der Waals surface area (Å²) >= 11 is 8.36. The van der Waals surface area contributed by atoms with Gasteiger partial charge in [-0.05, 0) is 51.9 Å². The summed E-state index contributed by atoms with van der Waals surface area (Å²) in [6.45, 7) is -0.0525. The smallest absolute Gasteiger partial charge is 0.265 e. The monoisotopic (exact) mass is 396 g/mol. The molecule has 0 unspecified atom stereocenters. The van der Waals surface area contributed by atoms with E-state index < -0.39 is 11.8 Å². The fraction of sp³-hybridized carbons (Fsp3) is 0.200. The summed E-state index contributed by atoms with van der Waals surface area (Å²) in [5.41, 5.74) is 0.665. The van der Waals surface area contributed by atoms with E-state index in [1.807, 2.05) is 0 Å². The van der Waals surface area contributed by atoms with Gasteiger partial charge in [-0.1, -0.05) is 6.07 Å². The zero-order valence-electron chi connectivity index (χ0n) is 12.4. The third-order valence-corrected chi connectivity index (χ3v) is 4.39. The SMILES string of the molecule is CN1C(=O)C(=Cc2ccc(OCC=O)c(Br)c2)C(=O)N(C)C1=S. The van der Waals surface area contributed by atoms with Crippen LogP contribution in [0.5, 0.6) is 5.75 Å². The highest BCUT2D eigenvalue weighted by Gasteiger charge is 2.35. The molecule has 0 bridgehead atoms. The van der Waals surface area contributed by atoms with E-state index in [9.17, 15) is 14.4 Å². The number of carbonyl (C=O) groups excluding carboxylic acids is 3. The zero-order valence-corrected chi connectivity index (χ0v) is 14.8. The number of amides is 2. The number of benzene rings is 1. The van der Waals surface area contributed by atoms with E-state index in [1.165, 1.54) is 30.0 Å². The van der Waals surface area contributed by atoms with E-state index in [2.05, 4.69) is 15.9 Å². The van der Waals surface area contributed by atoms with Crippen molar-refractivity contribution in [3.63, 3.8) is 0 Å². The number of rotatable bonds is 4. The van der Waals surface area contributed by atoms with E-state index in [0.717, 1.165) is 0 Å². The summed E-state index contributed by atoms with van der Waals surface area (Å²) in [7, 11) is 3.04. The van der Waals surface area contributed by atoms with Crippen LogP contribution in [0, 0.1) is 0 Å². The van der Waals surface area contributed by atoms with Gasteiger partial charge in [-0.15, -0.1) is 0 Å². The van der Waals surface area contributed by atoms with Crippen molar-refractivity contribution in [1.29, 1.82) is 0 Å². The molecule has 2 amide bonds. The van der Waals surface area contributed by atoms with Crippen LogP contribution in [0.1, 0.15) is 5.56 Å². The van der Waals surface area contributed by atoms with Gasteiger partial charge in [0.05, 0.1) is 4.47 Å². The molecule has 0 atom stereocenters. The molecule has 120 valence electrons. The van der Waals surface area contributed by atoms with Crippen molar-refractivity contribution in [3.05, 3.63) is 33.8 Å². The van der Waals surface area contributed by atoms with Crippen molar-refractivity contribution in [3.8, 4) is 5.75 Å². The number of thiocarbonyl (C=S) groups is 1. The van der Waals surface area contributed by atoms with Crippen LogP contribution < -0.4 is 4.74 Å². The maximum atomic E-state index is 12.2. The molecular formula is C15H13BrN2O4S. The van der Waals surface area contributed by atoms with Gasteiger partial charge in [0.25, 0.3) is 11.8 Å². The third kappa shape index (κ3) is 3.48. The first-order valence-corrected chi connectivity index (χ1v) is 7.74. The molecule has 2 rings (SSSR count). The molecule has 0 aromatic heterocycles. The molecule has 1 heterocycles. The summed E-state index contributed by atoms with van der Waals surface area (Å²) in [5.74, 6) is -0.401. The van der Waals surface area contributed by atoms with E-state index in [-0.39, 0.29) is 17.3 Å². The first-order valence-electron chi connectivity index (χ1n) is 6.54. The van der Waals surface area contributed by atoms with Gasteiger partial charge >= 0.3 is 0 Å². The van der Waals surface area contributed by atoms with Crippen LogP contribution in [0.2, 0.25) is 0 Å².